The zero-order valence-corrected chi connectivity index (χ0v) is 17.7. The molecule has 0 radical (unpaired) electrons. The highest BCUT2D eigenvalue weighted by molar-refractivity contribution is 5.79. The van der Waals surface area contributed by atoms with Crippen LogP contribution in [0.4, 0.5) is 10.2 Å². The minimum absolute atomic E-state index is 0.0000930. The van der Waals surface area contributed by atoms with Gasteiger partial charge in [0.1, 0.15) is 18.0 Å². The maximum atomic E-state index is 13.9. The lowest BCUT2D eigenvalue weighted by Gasteiger charge is -2.23. The number of aryl methyl sites for hydroxylation is 2. The highest BCUT2D eigenvalue weighted by Crippen LogP contribution is 2.34. The quantitative estimate of drug-likeness (QED) is 0.649. The first-order valence-corrected chi connectivity index (χ1v) is 10.6. The number of rotatable bonds is 4. The Morgan fingerprint density at radius 3 is 2.42 bits per heavy atom. The molecule has 31 heavy (non-hydrogen) atoms. The van der Waals surface area contributed by atoms with Gasteiger partial charge in [0.2, 0.25) is 5.91 Å². The molecule has 2 aliphatic heterocycles. The molecule has 1 aromatic carbocycles. The van der Waals surface area contributed by atoms with Crippen molar-refractivity contribution >= 4 is 11.7 Å². The number of likely N-dealkylation sites (tertiary alicyclic amines) is 1. The van der Waals surface area contributed by atoms with Gasteiger partial charge in [-0.15, -0.1) is 0 Å². The SMILES string of the molecule is Cc1cc(C)n(-c2cc(N3CC4CN(C(=O)Cc5ccccc5F)CC4C3)ncn2)n1. The van der Waals surface area contributed by atoms with Crippen molar-refractivity contribution in [2.24, 2.45) is 11.8 Å². The van der Waals surface area contributed by atoms with E-state index >= 15 is 0 Å². The molecule has 0 spiro atoms. The van der Waals surface area contributed by atoms with E-state index in [0.29, 0.717) is 30.5 Å². The number of amides is 1. The van der Waals surface area contributed by atoms with Crippen LogP contribution in [0.1, 0.15) is 17.0 Å². The molecule has 7 nitrogen and oxygen atoms in total. The standard InChI is InChI=1S/C23H25FN6O/c1-15-7-16(2)30(27-15)22-9-21(25-14-26-22)28-10-18-12-29(13-19(18)11-28)23(31)8-17-5-3-4-6-20(17)24/h3-7,9,14,18-19H,8,10-13H2,1-2H3. The number of anilines is 1. The van der Waals surface area contributed by atoms with Crippen LogP contribution >= 0.6 is 0 Å². The first kappa shape index (κ1) is 19.7. The van der Waals surface area contributed by atoms with E-state index in [-0.39, 0.29) is 18.1 Å². The van der Waals surface area contributed by atoms with Crippen molar-refractivity contribution in [3.05, 3.63) is 65.5 Å². The van der Waals surface area contributed by atoms with Crippen LogP contribution in [0.2, 0.25) is 0 Å². The van der Waals surface area contributed by atoms with Crippen LogP contribution in [0, 0.1) is 31.5 Å². The number of hydrogen-bond acceptors (Lipinski definition) is 5. The highest BCUT2D eigenvalue weighted by atomic mass is 19.1. The third kappa shape index (κ3) is 3.78. The molecule has 2 saturated heterocycles. The van der Waals surface area contributed by atoms with Crippen molar-refractivity contribution in [2.45, 2.75) is 20.3 Å². The summed E-state index contributed by atoms with van der Waals surface area (Å²) in [7, 11) is 0. The second-order valence-electron chi connectivity index (χ2n) is 8.57. The Morgan fingerprint density at radius 1 is 1.03 bits per heavy atom. The van der Waals surface area contributed by atoms with Crippen LogP contribution in [0.3, 0.4) is 0 Å². The molecule has 0 N–H and O–H groups in total. The zero-order valence-electron chi connectivity index (χ0n) is 17.7. The Labute approximate surface area is 180 Å². The Morgan fingerprint density at radius 2 is 1.74 bits per heavy atom. The minimum Gasteiger partial charge on any atom is -0.356 e. The molecule has 160 valence electrons. The summed E-state index contributed by atoms with van der Waals surface area (Å²) in [5.41, 5.74) is 2.45. The zero-order chi connectivity index (χ0) is 21.5. The van der Waals surface area contributed by atoms with E-state index in [1.54, 1.807) is 24.5 Å². The molecule has 1 amide bonds. The molecule has 2 fully saturated rings. The van der Waals surface area contributed by atoms with Gasteiger partial charge >= 0.3 is 0 Å². The molecular weight excluding hydrogens is 395 g/mol. The smallest absolute Gasteiger partial charge is 0.227 e. The summed E-state index contributed by atoms with van der Waals surface area (Å²) in [4.78, 5) is 25.7. The van der Waals surface area contributed by atoms with E-state index in [1.165, 1.54) is 6.07 Å². The predicted molar refractivity (Wildman–Crippen MR) is 115 cm³/mol. The second-order valence-corrected chi connectivity index (χ2v) is 8.57. The molecule has 3 aromatic rings. The number of fused-ring (bicyclic) bond motifs is 1. The third-order valence-electron chi connectivity index (χ3n) is 6.33. The summed E-state index contributed by atoms with van der Waals surface area (Å²) in [6, 6.07) is 10.5. The molecule has 2 atom stereocenters. The Balaban J connectivity index is 1.24. The fourth-order valence-electron chi connectivity index (χ4n) is 4.79. The van der Waals surface area contributed by atoms with Gasteiger partial charge in [-0.1, -0.05) is 18.2 Å². The molecule has 0 bridgehead atoms. The Hall–Kier alpha value is -3.29. The maximum Gasteiger partial charge on any atom is 0.227 e. The van der Waals surface area contributed by atoms with Crippen molar-refractivity contribution < 1.29 is 9.18 Å². The fourth-order valence-corrected chi connectivity index (χ4v) is 4.79. The molecule has 4 heterocycles. The number of halogens is 1. The van der Waals surface area contributed by atoms with Gasteiger partial charge < -0.3 is 9.80 Å². The number of aromatic nitrogens is 4. The van der Waals surface area contributed by atoms with Crippen LogP contribution in [-0.4, -0.2) is 56.7 Å². The van der Waals surface area contributed by atoms with Crippen LogP contribution in [-0.2, 0) is 11.2 Å². The summed E-state index contributed by atoms with van der Waals surface area (Å²) < 4.78 is 15.7. The van der Waals surface area contributed by atoms with E-state index in [9.17, 15) is 9.18 Å². The van der Waals surface area contributed by atoms with E-state index in [4.69, 9.17) is 0 Å². The monoisotopic (exact) mass is 420 g/mol. The summed E-state index contributed by atoms with van der Waals surface area (Å²) in [5.74, 6) is 2.13. The number of benzene rings is 1. The van der Waals surface area contributed by atoms with Crippen molar-refractivity contribution in [1.82, 2.24) is 24.6 Å². The largest absolute Gasteiger partial charge is 0.356 e. The first-order chi connectivity index (χ1) is 15.0. The Kier molecular flexibility index (Phi) is 4.92. The van der Waals surface area contributed by atoms with Gasteiger partial charge in [0.05, 0.1) is 12.1 Å². The van der Waals surface area contributed by atoms with Gasteiger partial charge in [-0.2, -0.15) is 5.10 Å². The van der Waals surface area contributed by atoms with Gasteiger partial charge in [-0.05, 0) is 31.5 Å². The van der Waals surface area contributed by atoms with Gasteiger partial charge in [-0.25, -0.2) is 19.0 Å². The second kappa shape index (κ2) is 7.76. The molecule has 2 aromatic heterocycles. The molecule has 0 saturated carbocycles. The molecule has 2 unspecified atom stereocenters. The lowest BCUT2D eigenvalue weighted by atomic mass is 10.0. The molecule has 8 heteroatoms. The van der Waals surface area contributed by atoms with Crippen molar-refractivity contribution in [1.29, 1.82) is 0 Å². The summed E-state index contributed by atoms with van der Waals surface area (Å²) in [6.45, 7) is 7.10. The summed E-state index contributed by atoms with van der Waals surface area (Å²) >= 11 is 0. The predicted octanol–water partition coefficient (Wildman–Crippen LogP) is 2.56. The summed E-state index contributed by atoms with van der Waals surface area (Å²) in [5, 5.41) is 4.51. The van der Waals surface area contributed by atoms with Gasteiger partial charge in [0.25, 0.3) is 0 Å². The lowest BCUT2D eigenvalue weighted by molar-refractivity contribution is -0.129. The molecular formula is C23H25FN6O. The van der Waals surface area contributed by atoms with Crippen molar-refractivity contribution in [3.8, 4) is 5.82 Å². The number of hydrogen-bond donors (Lipinski definition) is 0. The van der Waals surface area contributed by atoms with Gasteiger partial charge in [0.15, 0.2) is 5.82 Å². The average molecular weight is 420 g/mol. The van der Waals surface area contributed by atoms with Gasteiger partial charge in [0, 0.05) is 49.8 Å². The van der Waals surface area contributed by atoms with E-state index < -0.39 is 0 Å². The van der Waals surface area contributed by atoms with Crippen LogP contribution in [0.25, 0.3) is 5.82 Å². The third-order valence-corrected chi connectivity index (χ3v) is 6.33. The topological polar surface area (TPSA) is 67.2 Å². The molecule has 2 aliphatic rings. The van der Waals surface area contributed by atoms with Crippen LogP contribution in [0.5, 0.6) is 0 Å². The Bertz CT molecular complexity index is 1110. The highest BCUT2D eigenvalue weighted by Gasteiger charge is 2.42. The minimum atomic E-state index is -0.316. The van der Waals surface area contributed by atoms with Crippen molar-refractivity contribution in [3.63, 3.8) is 0 Å². The van der Waals surface area contributed by atoms with E-state index in [2.05, 4.69) is 20.0 Å². The lowest BCUT2D eigenvalue weighted by Crippen LogP contribution is -2.34. The number of carbonyl (C=O) groups excluding carboxylic acids is 1. The normalized spacial score (nSPS) is 20.4. The van der Waals surface area contributed by atoms with Gasteiger partial charge in [-0.3, -0.25) is 4.79 Å². The average Bonchev–Trinajstić information content (AvgIpc) is 3.42. The summed E-state index contributed by atoms with van der Waals surface area (Å²) in [6.07, 6.45) is 1.70. The fraction of sp³-hybridized carbons (Fsp3) is 0.391. The molecule has 5 rings (SSSR count). The van der Waals surface area contributed by atoms with Crippen LogP contribution < -0.4 is 4.90 Å². The van der Waals surface area contributed by atoms with Crippen molar-refractivity contribution in [2.75, 3.05) is 31.1 Å². The molecule has 0 aliphatic carbocycles. The number of carbonyl (C=O) groups is 1. The van der Waals surface area contributed by atoms with E-state index in [0.717, 1.165) is 36.1 Å². The first-order valence-electron chi connectivity index (χ1n) is 10.6. The van der Waals surface area contributed by atoms with E-state index in [1.807, 2.05) is 35.6 Å². The van der Waals surface area contributed by atoms with Crippen LogP contribution in [0.15, 0.2) is 42.7 Å². The maximum absolute atomic E-state index is 13.9. The number of nitrogens with zero attached hydrogens (tertiary/aromatic N) is 6.